The Morgan fingerprint density at radius 1 is 1.00 bits per heavy atom. The minimum atomic E-state index is 1.06. The van der Waals surface area contributed by atoms with Crippen LogP contribution in [0.25, 0.3) is 16.8 Å². The normalized spacial score (nSPS) is 10.5. The third kappa shape index (κ3) is 1.65. The van der Waals surface area contributed by atoms with Crippen molar-refractivity contribution in [1.29, 1.82) is 5.26 Å². The second-order valence-corrected chi connectivity index (χ2v) is 3.07. The van der Waals surface area contributed by atoms with Gasteiger partial charge in [-0.15, -0.1) is 0 Å². The van der Waals surface area contributed by atoms with Gasteiger partial charge >= 0.3 is 0 Å². The lowest BCUT2D eigenvalue weighted by atomic mass is 10.1. The molecule has 0 amide bonds. The second kappa shape index (κ2) is 3.76. The quantitative estimate of drug-likeness (QED) is 0.615. The highest BCUT2D eigenvalue weighted by molar-refractivity contribution is 5.84. The zero-order chi connectivity index (χ0) is 9.80. The predicted molar refractivity (Wildman–Crippen MR) is 58.6 cm³/mol. The summed E-state index contributed by atoms with van der Waals surface area (Å²) in [5.41, 5.74) is 1.06. The molecule has 0 fully saturated rings. The Labute approximate surface area is 82.9 Å². The predicted octanol–water partition coefficient (Wildman–Crippen LogP) is 3.38. The molecule has 0 N–H and O–H groups in total. The van der Waals surface area contributed by atoms with Gasteiger partial charge in [0.25, 0.3) is 0 Å². The minimum Gasteiger partial charge on any atom is -0.193 e. The van der Waals surface area contributed by atoms with Crippen molar-refractivity contribution in [2.45, 2.75) is 0 Å². The highest BCUT2D eigenvalue weighted by Crippen LogP contribution is 2.16. The fourth-order valence-electron chi connectivity index (χ4n) is 1.44. The van der Waals surface area contributed by atoms with Gasteiger partial charge in [-0.3, -0.25) is 0 Å². The zero-order valence-corrected chi connectivity index (χ0v) is 7.64. The summed E-state index contributed by atoms with van der Waals surface area (Å²) < 4.78 is 0. The summed E-state index contributed by atoms with van der Waals surface area (Å²) in [6, 6.07) is 16.3. The molecule has 0 radical (unpaired) electrons. The molecule has 0 bridgehead atoms. The summed E-state index contributed by atoms with van der Waals surface area (Å²) in [7, 11) is 0. The molecule has 1 heteroatoms. The van der Waals surface area contributed by atoms with Gasteiger partial charge in [0.05, 0.1) is 6.07 Å². The topological polar surface area (TPSA) is 23.8 Å². The number of rotatable bonds is 1. The lowest BCUT2D eigenvalue weighted by molar-refractivity contribution is 1.54. The average molecular weight is 179 g/mol. The van der Waals surface area contributed by atoms with Crippen LogP contribution in [0.5, 0.6) is 0 Å². The number of hydrogen-bond acceptors (Lipinski definition) is 1. The van der Waals surface area contributed by atoms with E-state index < -0.39 is 0 Å². The van der Waals surface area contributed by atoms with E-state index in [-0.39, 0.29) is 0 Å². The Morgan fingerprint density at radius 2 is 1.79 bits per heavy atom. The standard InChI is InChI=1S/C13H9N/c14-9-3-4-11-7-8-12-5-1-2-6-13(12)10-11/h1-8,10H/b4-3-. The smallest absolute Gasteiger partial charge is 0.0912 e. The summed E-state index contributed by atoms with van der Waals surface area (Å²) in [5.74, 6) is 0. The summed E-state index contributed by atoms with van der Waals surface area (Å²) >= 11 is 0. The first-order valence-electron chi connectivity index (χ1n) is 4.45. The number of nitriles is 1. The van der Waals surface area contributed by atoms with Crippen LogP contribution in [-0.4, -0.2) is 0 Å². The van der Waals surface area contributed by atoms with Gasteiger partial charge in [-0.2, -0.15) is 5.26 Å². The summed E-state index contributed by atoms with van der Waals surface area (Å²) in [6.45, 7) is 0. The van der Waals surface area contributed by atoms with Gasteiger partial charge < -0.3 is 0 Å². The molecule has 14 heavy (non-hydrogen) atoms. The molecule has 2 aromatic rings. The minimum absolute atomic E-state index is 1.06. The van der Waals surface area contributed by atoms with Crippen LogP contribution in [0.15, 0.2) is 48.5 Å². The maximum Gasteiger partial charge on any atom is 0.0912 e. The van der Waals surface area contributed by atoms with Gasteiger partial charge in [-0.05, 0) is 28.5 Å². The van der Waals surface area contributed by atoms with E-state index in [1.165, 1.54) is 16.8 Å². The summed E-state index contributed by atoms with van der Waals surface area (Å²) in [5, 5.41) is 10.8. The van der Waals surface area contributed by atoms with Crippen molar-refractivity contribution in [3.63, 3.8) is 0 Å². The molecule has 0 aliphatic heterocycles. The molecule has 2 aromatic carbocycles. The largest absolute Gasteiger partial charge is 0.193 e. The van der Waals surface area contributed by atoms with E-state index in [9.17, 15) is 0 Å². The van der Waals surface area contributed by atoms with Crippen LogP contribution >= 0.6 is 0 Å². The lowest BCUT2D eigenvalue weighted by Crippen LogP contribution is -1.74. The molecule has 66 valence electrons. The fraction of sp³-hybridized carbons (Fsp3) is 0. The highest BCUT2D eigenvalue weighted by Gasteiger charge is 1.91. The Balaban J connectivity index is 2.52. The van der Waals surface area contributed by atoms with Crippen LogP contribution < -0.4 is 0 Å². The Bertz CT molecular complexity index is 518. The first kappa shape index (κ1) is 8.52. The van der Waals surface area contributed by atoms with Gasteiger partial charge in [0.15, 0.2) is 0 Å². The van der Waals surface area contributed by atoms with Crippen LogP contribution in [0.3, 0.4) is 0 Å². The van der Waals surface area contributed by atoms with Gasteiger partial charge in [-0.1, -0.05) is 36.4 Å². The first-order chi connectivity index (χ1) is 6.90. The lowest BCUT2D eigenvalue weighted by Gasteiger charge is -1.97. The number of fused-ring (bicyclic) bond motifs is 1. The Morgan fingerprint density at radius 3 is 2.57 bits per heavy atom. The molecule has 1 nitrogen and oxygen atoms in total. The van der Waals surface area contributed by atoms with Gasteiger partial charge in [0.2, 0.25) is 0 Å². The van der Waals surface area contributed by atoms with E-state index in [2.05, 4.69) is 24.3 Å². The van der Waals surface area contributed by atoms with Crippen molar-refractivity contribution in [1.82, 2.24) is 0 Å². The van der Waals surface area contributed by atoms with Crippen molar-refractivity contribution in [2.24, 2.45) is 0 Å². The molecule has 0 aromatic heterocycles. The molecule has 2 rings (SSSR count). The van der Waals surface area contributed by atoms with Crippen LogP contribution in [0, 0.1) is 11.3 Å². The molecular formula is C13H9N. The highest BCUT2D eigenvalue weighted by atomic mass is 14.2. The third-order valence-corrected chi connectivity index (χ3v) is 2.12. The average Bonchev–Trinajstić information content (AvgIpc) is 2.26. The SMILES string of the molecule is N#C/C=C\c1ccc2ccccc2c1. The van der Waals surface area contributed by atoms with Crippen molar-refractivity contribution in [3.05, 3.63) is 54.1 Å². The second-order valence-electron chi connectivity index (χ2n) is 3.07. The number of allylic oxidation sites excluding steroid dienone is 1. The van der Waals surface area contributed by atoms with Gasteiger partial charge in [0, 0.05) is 6.08 Å². The van der Waals surface area contributed by atoms with Crippen molar-refractivity contribution in [3.8, 4) is 6.07 Å². The molecule has 0 heterocycles. The molecule has 0 saturated heterocycles. The molecule has 0 aliphatic rings. The molecule has 0 saturated carbocycles. The monoisotopic (exact) mass is 179 g/mol. The number of hydrogen-bond donors (Lipinski definition) is 0. The van der Waals surface area contributed by atoms with E-state index in [4.69, 9.17) is 5.26 Å². The summed E-state index contributed by atoms with van der Waals surface area (Å²) in [4.78, 5) is 0. The molecule has 0 unspecified atom stereocenters. The fourth-order valence-corrected chi connectivity index (χ4v) is 1.44. The van der Waals surface area contributed by atoms with Crippen LogP contribution in [-0.2, 0) is 0 Å². The zero-order valence-electron chi connectivity index (χ0n) is 7.64. The van der Waals surface area contributed by atoms with E-state index in [0.29, 0.717) is 0 Å². The third-order valence-electron chi connectivity index (χ3n) is 2.12. The van der Waals surface area contributed by atoms with E-state index in [0.717, 1.165) is 5.56 Å². The van der Waals surface area contributed by atoms with E-state index >= 15 is 0 Å². The van der Waals surface area contributed by atoms with Crippen molar-refractivity contribution < 1.29 is 0 Å². The maximum atomic E-state index is 8.40. The Hall–Kier alpha value is -2.07. The van der Waals surface area contributed by atoms with Crippen molar-refractivity contribution >= 4 is 16.8 Å². The molecule has 0 spiro atoms. The first-order valence-corrected chi connectivity index (χ1v) is 4.45. The van der Waals surface area contributed by atoms with Crippen LogP contribution in [0.1, 0.15) is 5.56 Å². The van der Waals surface area contributed by atoms with E-state index in [1.54, 1.807) is 0 Å². The van der Waals surface area contributed by atoms with Crippen molar-refractivity contribution in [2.75, 3.05) is 0 Å². The van der Waals surface area contributed by atoms with E-state index in [1.807, 2.05) is 30.3 Å². The molecule has 0 aliphatic carbocycles. The number of benzene rings is 2. The van der Waals surface area contributed by atoms with Gasteiger partial charge in [0.1, 0.15) is 0 Å². The molecular weight excluding hydrogens is 170 g/mol. The van der Waals surface area contributed by atoms with Crippen LogP contribution in [0.2, 0.25) is 0 Å². The number of nitrogens with zero attached hydrogens (tertiary/aromatic N) is 1. The summed E-state index contributed by atoms with van der Waals surface area (Å²) in [6.07, 6.45) is 3.30. The van der Waals surface area contributed by atoms with Crippen LogP contribution in [0.4, 0.5) is 0 Å². The maximum absolute atomic E-state index is 8.40. The molecule has 0 atom stereocenters. The Kier molecular flexibility index (Phi) is 2.29. The van der Waals surface area contributed by atoms with Gasteiger partial charge in [-0.25, -0.2) is 0 Å².